The minimum atomic E-state index is 0.163. The van der Waals surface area contributed by atoms with Crippen LogP contribution in [0.25, 0.3) is 0 Å². The molecule has 0 aliphatic rings. The molecule has 2 heterocycles. The highest BCUT2D eigenvalue weighted by Gasteiger charge is 2.05. The summed E-state index contributed by atoms with van der Waals surface area (Å²) in [6.45, 7) is 0.524. The van der Waals surface area contributed by atoms with Crippen LogP contribution < -0.4 is 10.5 Å². The first-order valence-electron chi connectivity index (χ1n) is 4.69. The minimum absolute atomic E-state index is 0.163. The van der Waals surface area contributed by atoms with Crippen LogP contribution in [0.15, 0.2) is 23.7 Å². The molecule has 4 nitrogen and oxygen atoms in total. The van der Waals surface area contributed by atoms with Crippen LogP contribution in [-0.4, -0.2) is 16.6 Å². The first kappa shape index (κ1) is 11.2. The molecule has 2 rings (SSSR count). The quantitative estimate of drug-likeness (QED) is 0.911. The molecule has 0 saturated carbocycles. The van der Waals surface area contributed by atoms with E-state index in [2.05, 4.69) is 16.0 Å². The van der Waals surface area contributed by atoms with Gasteiger partial charge in [-0.3, -0.25) is 0 Å². The maximum Gasteiger partial charge on any atom is 0.237 e. The van der Waals surface area contributed by atoms with E-state index < -0.39 is 0 Å². The molecule has 0 spiro atoms. The summed E-state index contributed by atoms with van der Waals surface area (Å²) in [7, 11) is 0. The van der Waals surface area contributed by atoms with Crippen molar-refractivity contribution < 1.29 is 4.74 Å². The number of aromatic nitrogens is 2. The van der Waals surface area contributed by atoms with Crippen LogP contribution >= 0.6 is 22.9 Å². The summed E-state index contributed by atoms with van der Waals surface area (Å²) in [5.41, 5.74) is 5.43. The molecule has 84 valence electrons. The van der Waals surface area contributed by atoms with E-state index in [1.165, 1.54) is 11.1 Å². The molecule has 0 bridgehead atoms. The highest BCUT2D eigenvalue weighted by molar-refractivity contribution is 7.09. The zero-order valence-corrected chi connectivity index (χ0v) is 9.96. The largest absolute Gasteiger partial charge is 0.476 e. The van der Waals surface area contributed by atoms with Gasteiger partial charge in [0.2, 0.25) is 11.8 Å². The van der Waals surface area contributed by atoms with E-state index in [1.54, 1.807) is 11.3 Å². The summed E-state index contributed by atoms with van der Waals surface area (Å²) in [4.78, 5) is 8.92. The van der Waals surface area contributed by atoms with Crippen molar-refractivity contribution in [2.24, 2.45) is 0 Å². The fraction of sp³-hybridized carbons (Fsp3) is 0.200. The summed E-state index contributed by atoms with van der Waals surface area (Å²) in [6.07, 6.45) is 2.27. The number of nitrogens with zero attached hydrogens (tertiary/aromatic N) is 2. The zero-order valence-electron chi connectivity index (χ0n) is 8.39. The maximum absolute atomic E-state index is 5.85. The lowest BCUT2D eigenvalue weighted by atomic mass is 10.4. The second-order valence-corrected chi connectivity index (χ2v) is 4.50. The smallest absolute Gasteiger partial charge is 0.237 e. The molecule has 0 unspecified atom stereocenters. The number of nitrogen functional groups attached to an aromatic ring is 1. The van der Waals surface area contributed by atoms with Crippen LogP contribution in [0.2, 0.25) is 5.02 Å². The third-order valence-corrected chi connectivity index (χ3v) is 3.09. The molecule has 6 heteroatoms. The Hall–Kier alpha value is -1.33. The summed E-state index contributed by atoms with van der Waals surface area (Å²) >= 11 is 7.55. The van der Waals surface area contributed by atoms with Gasteiger partial charge in [0.1, 0.15) is 5.02 Å². The molecule has 16 heavy (non-hydrogen) atoms. The van der Waals surface area contributed by atoms with Gasteiger partial charge in [0.05, 0.1) is 12.8 Å². The molecular formula is C10H10ClN3OS. The van der Waals surface area contributed by atoms with Crippen molar-refractivity contribution in [3.63, 3.8) is 0 Å². The molecule has 0 amide bonds. The molecule has 2 N–H and O–H groups in total. The molecule has 2 aromatic rings. The third-order valence-electron chi connectivity index (χ3n) is 1.90. The van der Waals surface area contributed by atoms with Gasteiger partial charge in [-0.05, 0) is 11.4 Å². The number of rotatable bonds is 4. The number of ether oxygens (including phenoxy) is 1. The van der Waals surface area contributed by atoms with E-state index in [0.29, 0.717) is 17.5 Å². The van der Waals surface area contributed by atoms with E-state index in [4.69, 9.17) is 22.1 Å². The molecule has 0 fully saturated rings. The number of halogens is 1. The van der Waals surface area contributed by atoms with E-state index >= 15 is 0 Å². The summed E-state index contributed by atoms with van der Waals surface area (Å²) in [5, 5.41) is 2.41. The van der Waals surface area contributed by atoms with Crippen molar-refractivity contribution in [2.75, 3.05) is 12.3 Å². The Morgan fingerprint density at radius 1 is 1.50 bits per heavy atom. The van der Waals surface area contributed by atoms with E-state index in [0.717, 1.165) is 6.42 Å². The second kappa shape index (κ2) is 5.14. The summed E-state index contributed by atoms with van der Waals surface area (Å²) < 4.78 is 5.43. The third kappa shape index (κ3) is 2.84. The number of hydrogen-bond donors (Lipinski definition) is 1. The van der Waals surface area contributed by atoms with Crippen LogP contribution in [-0.2, 0) is 6.42 Å². The predicted octanol–water partition coefficient (Wildman–Crippen LogP) is 2.40. The van der Waals surface area contributed by atoms with Gasteiger partial charge in [-0.1, -0.05) is 17.7 Å². The van der Waals surface area contributed by atoms with Crippen molar-refractivity contribution in [2.45, 2.75) is 6.42 Å². The van der Waals surface area contributed by atoms with Crippen LogP contribution in [0.5, 0.6) is 5.88 Å². The Balaban J connectivity index is 1.92. The Morgan fingerprint density at radius 2 is 2.38 bits per heavy atom. The molecule has 2 aromatic heterocycles. The molecule has 0 saturated heterocycles. The van der Waals surface area contributed by atoms with Crippen LogP contribution in [0, 0.1) is 0 Å². The van der Waals surface area contributed by atoms with Gasteiger partial charge in [0, 0.05) is 11.3 Å². The minimum Gasteiger partial charge on any atom is -0.476 e. The Morgan fingerprint density at radius 3 is 3.12 bits per heavy atom. The van der Waals surface area contributed by atoms with Crippen LogP contribution in [0.3, 0.4) is 0 Å². The summed E-state index contributed by atoms with van der Waals surface area (Å²) in [6, 6.07) is 4.07. The highest BCUT2D eigenvalue weighted by atomic mass is 35.5. The van der Waals surface area contributed by atoms with Gasteiger partial charge in [-0.25, -0.2) is 4.98 Å². The van der Waals surface area contributed by atoms with E-state index in [1.807, 2.05) is 11.4 Å². The lowest BCUT2D eigenvalue weighted by Crippen LogP contribution is -2.04. The molecule has 0 aromatic carbocycles. The molecule has 0 radical (unpaired) electrons. The number of thiophene rings is 1. The maximum atomic E-state index is 5.85. The molecule has 0 atom stereocenters. The fourth-order valence-corrected chi connectivity index (χ4v) is 2.00. The fourth-order valence-electron chi connectivity index (χ4n) is 1.17. The monoisotopic (exact) mass is 255 g/mol. The standard InChI is InChI=1S/C10H10ClN3OS/c11-8-6-13-10(12)14-9(8)15-4-3-7-2-1-5-16-7/h1-2,5-6H,3-4H2,(H2,12,13,14). The van der Waals surface area contributed by atoms with Gasteiger partial charge in [-0.15, -0.1) is 11.3 Å². The number of hydrogen-bond acceptors (Lipinski definition) is 5. The Kier molecular flexibility index (Phi) is 3.58. The van der Waals surface area contributed by atoms with E-state index in [-0.39, 0.29) is 5.95 Å². The van der Waals surface area contributed by atoms with Crippen molar-refractivity contribution >= 4 is 28.9 Å². The lowest BCUT2D eigenvalue weighted by molar-refractivity contribution is 0.310. The van der Waals surface area contributed by atoms with Crippen molar-refractivity contribution in [1.29, 1.82) is 0 Å². The van der Waals surface area contributed by atoms with Crippen LogP contribution in [0.4, 0.5) is 5.95 Å². The topological polar surface area (TPSA) is 61.0 Å². The SMILES string of the molecule is Nc1ncc(Cl)c(OCCc2cccs2)n1. The Bertz CT molecular complexity index is 461. The van der Waals surface area contributed by atoms with E-state index in [9.17, 15) is 0 Å². The van der Waals surface area contributed by atoms with Gasteiger partial charge in [0.15, 0.2) is 0 Å². The van der Waals surface area contributed by atoms with Crippen molar-refractivity contribution in [1.82, 2.24) is 9.97 Å². The second-order valence-electron chi connectivity index (χ2n) is 3.06. The molecule has 0 aliphatic carbocycles. The van der Waals surface area contributed by atoms with Gasteiger partial charge in [-0.2, -0.15) is 4.98 Å². The van der Waals surface area contributed by atoms with Gasteiger partial charge < -0.3 is 10.5 Å². The number of nitrogens with two attached hydrogens (primary N) is 1. The summed E-state index contributed by atoms with van der Waals surface area (Å²) in [5.74, 6) is 0.501. The predicted molar refractivity (Wildman–Crippen MR) is 65.0 cm³/mol. The lowest BCUT2D eigenvalue weighted by Gasteiger charge is -2.05. The highest BCUT2D eigenvalue weighted by Crippen LogP contribution is 2.21. The average Bonchev–Trinajstić information content (AvgIpc) is 2.76. The van der Waals surface area contributed by atoms with Crippen molar-refractivity contribution in [3.05, 3.63) is 33.6 Å². The average molecular weight is 256 g/mol. The van der Waals surface area contributed by atoms with Crippen molar-refractivity contribution in [3.8, 4) is 5.88 Å². The van der Waals surface area contributed by atoms with Crippen LogP contribution in [0.1, 0.15) is 4.88 Å². The number of anilines is 1. The van der Waals surface area contributed by atoms with Gasteiger partial charge >= 0.3 is 0 Å². The Labute approximate surface area is 102 Å². The first-order chi connectivity index (χ1) is 7.75. The molecular weight excluding hydrogens is 246 g/mol. The normalized spacial score (nSPS) is 10.3. The molecule has 0 aliphatic heterocycles. The van der Waals surface area contributed by atoms with Gasteiger partial charge in [0.25, 0.3) is 0 Å². The first-order valence-corrected chi connectivity index (χ1v) is 5.94. The zero-order chi connectivity index (χ0) is 11.4.